The van der Waals surface area contributed by atoms with Crippen LogP contribution in [0.2, 0.25) is 0 Å². The number of nitrogens with zero attached hydrogens (tertiary/aromatic N) is 4. The van der Waals surface area contributed by atoms with E-state index in [-0.39, 0.29) is 12.2 Å². The summed E-state index contributed by atoms with van der Waals surface area (Å²) in [6.07, 6.45) is 4.72. The fraction of sp³-hybridized carbons (Fsp3) is 0.381. The van der Waals surface area contributed by atoms with E-state index in [1.807, 2.05) is 12.1 Å². The summed E-state index contributed by atoms with van der Waals surface area (Å²) in [4.78, 5) is 14.4. The summed E-state index contributed by atoms with van der Waals surface area (Å²) in [6.45, 7) is 7.20. The first-order valence-corrected chi connectivity index (χ1v) is 13.2. The molecule has 32 heavy (non-hydrogen) atoms. The summed E-state index contributed by atoms with van der Waals surface area (Å²) in [5, 5.41) is 4.40. The highest BCUT2D eigenvalue weighted by Gasteiger charge is 2.21. The van der Waals surface area contributed by atoms with Crippen LogP contribution in [0.3, 0.4) is 0 Å². The number of benzene rings is 1. The Morgan fingerprint density at radius 3 is 2.84 bits per heavy atom. The van der Waals surface area contributed by atoms with Crippen molar-refractivity contribution in [1.29, 1.82) is 0 Å². The molecule has 1 aromatic carbocycles. The number of anilines is 1. The van der Waals surface area contributed by atoms with Gasteiger partial charge in [-0.25, -0.2) is 15.0 Å². The van der Waals surface area contributed by atoms with Crippen LogP contribution in [0, 0.1) is 8.99 Å². The third-order valence-electron chi connectivity index (χ3n) is 5.03. The molecule has 170 valence electrons. The number of allylic oxidation sites excluding steroid dienone is 1. The number of imidazole rings is 1. The lowest BCUT2D eigenvalue weighted by Crippen LogP contribution is -2.31. The van der Waals surface area contributed by atoms with Crippen LogP contribution in [0.15, 0.2) is 38.7 Å². The highest BCUT2D eigenvalue weighted by atomic mass is 127. The Kier molecular flexibility index (Phi) is 7.67. The van der Waals surface area contributed by atoms with Gasteiger partial charge in [0.15, 0.2) is 33.6 Å². The molecule has 11 heteroatoms. The monoisotopic (exact) mass is 678 g/mol. The summed E-state index contributed by atoms with van der Waals surface area (Å²) >= 11 is 6.13. The van der Waals surface area contributed by atoms with Crippen LogP contribution in [0.4, 0.5) is 5.82 Å². The standard InChI is InChI=1S/C21H24I2N6O2S/c1-21(2,4-3-5-22)10-25-6-7-29-19-17(18(24)26-11-27-19)28-20(29)32-16-9-15-14(8-13(16)23)30-12-31-15/h3,5,8-9,11,25H,4,6-7,10,12H2,1-2H3,(H2,24,26,27)/b5-3+. The maximum Gasteiger partial charge on any atom is 0.231 e. The summed E-state index contributed by atoms with van der Waals surface area (Å²) in [6, 6.07) is 3.98. The minimum absolute atomic E-state index is 0.186. The first-order valence-electron chi connectivity index (χ1n) is 10.1. The van der Waals surface area contributed by atoms with Crippen LogP contribution in [0.5, 0.6) is 11.5 Å². The number of hydrogen-bond acceptors (Lipinski definition) is 8. The number of hydrogen-bond donors (Lipinski definition) is 2. The number of rotatable bonds is 9. The minimum Gasteiger partial charge on any atom is -0.454 e. The van der Waals surface area contributed by atoms with E-state index in [4.69, 9.17) is 20.2 Å². The van der Waals surface area contributed by atoms with Gasteiger partial charge in [0.2, 0.25) is 6.79 Å². The molecule has 0 unspecified atom stereocenters. The van der Waals surface area contributed by atoms with Crippen molar-refractivity contribution in [2.75, 3.05) is 25.6 Å². The van der Waals surface area contributed by atoms with Crippen molar-refractivity contribution >= 4 is 73.9 Å². The minimum atomic E-state index is 0.186. The normalized spacial score (nSPS) is 13.5. The van der Waals surface area contributed by atoms with Gasteiger partial charge in [-0.2, -0.15) is 0 Å². The number of fused-ring (bicyclic) bond motifs is 2. The number of nitrogens with two attached hydrogens (primary N) is 1. The molecule has 0 aliphatic carbocycles. The molecule has 1 aliphatic rings. The van der Waals surface area contributed by atoms with Gasteiger partial charge in [-0.15, -0.1) is 0 Å². The molecular weight excluding hydrogens is 654 g/mol. The van der Waals surface area contributed by atoms with Crippen molar-refractivity contribution in [3.05, 3.63) is 32.2 Å². The molecule has 3 aromatic rings. The van der Waals surface area contributed by atoms with Crippen molar-refractivity contribution < 1.29 is 9.47 Å². The lowest BCUT2D eigenvalue weighted by Gasteiger charge is -2.23. The lowest BCUT2D eigenvalue weighted by atomic mass is 9.89. The number of ether oxygens (including phenoxy) is 2. The van der Waals surface area contributed by atoms with Crippen LogP contribution in [0.1, 0.15) is 20.3 Å². The summed E-state index contributed by atoms with van der Waals surface area (Å²) in [7, 11) is 0. The molecule has 2 aromatic heterocycles. The quantitative estimate of drug-likeness (QED) is 0.245. The Labute approximate surface area is 218 Å². The van der Waals surface area contributed by atoms with Gasteiger partial charge >= 0.3 is 0 Å². The maximum absolute atomic E-state index is 6.10. The van der Waals surface area contributed by atoms with Crippen molar-refractivity contribution in [1.82, 2.24) is 24.8 Å². The van der Waals surface area contributed by atoms with Gasteiger partial charge in [0.25, 0.3) is 0 Å². The largest absolute Gasteiger partial charge is 0.454 e. The van der Waals surface area contributed by atoms with Crippen molar-refractivity contribution in [3.8, 4) is 11.5 Å². The van der Waals surface area contributed by atoms with Crippen molar-refractivity contribution in [2.45, 2.75) is 36.9 Å². The number of halogens is 2. The molecule has 3 heterocycles. The van der Waals surface area contributed by atoms with E-state index in [9.17, 15) is 0 Å². The predicted octanol–water partition coefficient (Wildman–Crippen LogP) is 4.85. The molecule has 8 nitrogen and oxygen atoms in total. The predicted molar refractivity (Wildman–Crippen MR) is 144 cm³/mol. The molecule has 0 saturated heterocycles. The van der Waals surface area contributed by atoms with Crippen LogP contribution in [0.25, 0.3) is 11.2 Å². The van der Waals surface area contributed by atoms with Crippen molar-refractivity contribution in [2.24, 2.45) is 5.41 Å². The van der Waals surface area contributed by atoms with E-state index in [0.717, 1.165) is 50.3 Å². The average molecular weight is 678 g/mol. The molecule has 0 saturated carbocycles. The SMILES string of the molecule is CC(C)(C/C=C/I)CNCCn1c(Sc2cc3c(cc2I)OCO3)nc2c(N)ncnc21. The molecule has 1 aliphatic heterocycles. The van der Waals surface area contributed by atoms with E-state index in [0.29, 0.717) is 17.9 Å². The van der Waals surface area contributed by atoms with Gasteiger partial charge in [-0.05, 0) is 50.6 Å². The molecule has 0 bridgehead atoms. The second-order valence-electron chi connectivity index (χ2n) is 8.12. The van der Waals surface area contributed by atoms with Crippen LogP contribution in [-0.4, -0.2) is 39.4 Å². The Hall–Kier alpha value is -1.32. The Bertz CT molecular complexity index is 1150. The van der Waals surface area contributed by atoms with Gasteiger partial charge in [0, 0.05) is 28.1 Å². The Balaban J connectivity index is 1.55. The first-order chi connectivity index (χ1) is 15.4. The van der Waals surface area contributed by atoms with Gasteiger partial charge in [0.1, 0.15) is 6.33 Å². The van der Waals surface area contributed by atoms with Gasteiger partial charge in [-0.3, -0.25) is 0 Å². The summed E-state index contributed by atoms with van der Waals surface area (Å²) in [5.41, 5.74) is 7.65. The average Bonchev–Trinajstić information content (AvgIpc) is 3.35. The Morgan fingerprint density at radius 2 is 2.06 bits per heavy atom. The van der Waals surface area contributed by atoms with Crippen LogP contribution < -0.4 is 20.5 Å². The van der Waals surface area contributed by atoms with Crippen LogP contribution in [-0.2, 0) is 6.54 Å². The molecule has 0 atom stereocenters. The number of nitrogens with one attached hydrogen (secondary N) is 1. The molecule has 3 N–H and O–H groups in total. The van der Waals surface area contributed by atoms with Gasteiger partial charge in [-0.1, -0.05) is 54.3 Å². The summed E-state index contributed by atoms with van der Waals surface area (Å²) < 4.78 is 16.3. The topological polar surface area (TPSA) is 100 Å². The third-order valence-corrected chi connectivity index (χ3v) is 7.85. The fourth-order valence-electron chi connectivity index (χ4n) is 3.34. The molecule has 4 rings (SSSR count). The molecule has 0 fully saturated rings. The van der Waals surface area contributed by atoms with Gasteiger partial charge in [0.05, 0.1) is 0 Å². The van der Waals surface area contributed by atoms with Crippen LogP contribution >= 0.6 is 56.9 Å². The lowest BCUT2D eigenvalue weighted by molar-refractivity contribution is 0.174. The fourth-order valence-corrected chi connectivity index (χ4v) is 5.31. The zero-order valence-electron chi connectivity index (χ0n) is 17.8. The molecular formula is C21H24I2N6O2S. The second kappa shape index (κ2) is 10.3. The molecule has 0 amide bonds. The van der Waals surface area contributed by atoms with E-state index < -0.39 is 0 Å². The van der Waals surface area contributed by atoms with E-state index in [1.54, 1.807) is 11.8 Å². The number of nitrogen functional groups attached to an aromatic ring is 1. The summed E-state index contributed by atoms with van der Waals surface area (Å²) in [5.74, 6) is 1.90. The maximum atomic E-state index is 6.10. The highest BCUT2D eigenvalue weighted by molar-refractivity contribution is 14.1. The highest BCUT2D eigenvalue weighted by Crippen LogP contribution is 2.41. The smallest absolute Gasteiger partial charge is 0.231 e. The second-order valence-corrected chi connectivity index (χ2v) is 11.0. The zero-order chi connectivity index (χ0) is 22.7. The first kappa shape index (κ1) is 23.8. The molecule has 0 spiro atoms. The molecule has 0 radical (unpaired) electrons. The van der Waals surface area contributed by atoms with E-state index >= 15 is 0 Å². The zero-order valence-corrected chi connectivity index (χ0v) is 22.9. The van der Waals surface area contributed by atoms with E-state index in [1.165, 1.54) is 6.33 Å². The third kappa shape index (κ3) is 5.42. The van der Waals surface area contributed by atoms with Crippen molar-refractivity contribution in [3.63, 3.8) is 0 Å². The number of aromatic nitrogens is 4. The Morgan fingerprint density at radius 1 is 1.28 bits per heavy atom. The van der Waals surface area contributed by atoms with Gasteiger partial charge < -0.3 is 25.1 Å². The van der Waals surface area contributed by atoms with E-state index in [2.05, 4.69) is 89.0 Å².